The lowest BCUT2D eigenvalue weighted by molar-refractivity contribution is 0.414. The molecule has 0 aliphatic rings. The van der Waals surface area contributed by atoms with Crippen molar-refractivity contribution in [3.8, 4) is 22.8 Å². The molecular formula is C27H25N5OS2. The molecule has 0 saturated carbocycles. The fourth-order valence-electron chi connectivity index (χ4n) is 3.63. The van der Waals surface area contributed by atoms with Gasteiger partial charge in [-0.2, -0.15) is 0 Å². The first-order valence-electron chi connectivity index (χ1n) is 11.2. The molecule has 3 aromatic carbocycles. The Bertz CT molecular complexity index is 1430. The van der Waals surface area contributed by atoms with Crippen LogP contribution >= 0.6 is 23.1 Å². The number of aromatic nitrogens is 4. The van der Waals surface area contributed by atoms with Gasteiger partial charge in [0.1, 0.15) is 5.75 Å². The third-order valence-corrected chi connectivity index (χ3v) is 7.21. The molecule has 0 saturated heterocycles. The van der Waals surface area contributed by atoms with Gasteiger partial charge in [0.2, 0.25) is 0 Å². The minimum Gasteiger partial charge on any atom is -0.497 e. The highest BCUT2D eigenvalue weighted by Crippen LogP contribution is 2.32. The molecule has 0 unspecified atom stereocenters. The lowest BCUT2D eigenvalue weighted by atomic mass is 10.1. The van der Waals surface area contributed by atoms with Crippen molar-refractivity contribution in [2.75, 3.05) is 12.4 Å². The molecule has 1 N–H and O–H groups in total. The summed E-state index contributed by atoms with van der Waals surface area (Å²) in [4.78, 5) is 4.76. The van der Waals surface area contributed by atoms with E-state index in [1.54, 1.807) is 30.2 Å². The molecule has 176 valence electrons. The molecule has 2 aromatic heterocycles. The van der Waals surface area contributed by atoms with E-state index in [2.05, 4.69) is 81.8 Å². The van der Waals surface area contributed by atoms with Crippen LogP contribution in [-0.2, 0) is 5.75 Å². The van der Waals surface area contributed by atoms with Crippen LogP contribution in [-0.4, -0.2) is 26.9 Å². The summed E-state index contributed by atoms with van der Waals surface area (Å²) in [7, 11) is 1.67. The summed E-state index contributed by atoms with van der Waals surface area (Å²) in [5.41, 5.74) is 6.45. The Labute approximate surface area is 213 Å². The number of rotatable bonds is 8. The minimum atomic E-state index is 0.689. The molecule has 2 heterocycles. The lowest BCUT2D eigenvalue weighted by Gasteiger charge is -2.11. The minimum absolute atomic E-state index is 0.689. The van der Waals surface area contributed by atoms with E-state index in [1.807, 2.05) is 30.3 Å². The van der Waals surface area contributed by atoms with Crippen molar-refractivity contribution < 1.29 is 4.74 Å². The van der Waals surface area contributed by atoms with Crippen LogP contribution in [0.25, 0.3) is 17.1 Å². The Hall–Kier alpha value is -3.62. The first-order valence-corrected chi connectivity index (χ1v) is 13.0. The van der Waals surface area contributed by atoms with E-state index in [1.165, 1.54) is 11.1 Å². The summed E-state index contributed by atoms with van der Waals surface area (Å²) in [5, 5.41) is 16.3. The van der Waals surface area contributed by atoms with E-state index in [0.29, 0.717) is 5.75 Å². The highest BCUT2D eigenvalue weighted by Gasteiger charge is 2.17. The second kappa shape index (κ2) is 10.3. The van der Waals surface area contributed by atoms with Gasteiger partial charge in [-0.25, -0.2) is 4.98 Å². The normalized spacial score (nSPS) is 10.9. The fraction of sp³-hybridized carbons (Fsp3) is 0.148. The molecule has 6 nitrogen and oxygen atoms in total. The molecule has 0 bridgehead atoms. The van der Waals surface area contributed by atoms with Crippen molar-refractivity contribution in [1.82, 2.24) is 19.7 Å². The largest absolute Gasteiger partial charge is 0.497 e. The van der Waals surface area contributed by atoms with Crippen LogP contribution < -0.4 is 10.1 Å². The van der Waals surface area contributed by atoms with Gasteiger partial charge >= 0.3 is 0 Å². The summed E-state index contributed by atoms with van der Waals surface area (Å²) >= 11 is 3.22. The Balaban J connectivity index is 1.39. The molecule has 0 spiro atoms. The number of hydrogen-bond acceptors (Lipinski definition) is 7. The zero-order valence-electron chi connectivity index (χ0n) is 19.7. The van der Waals surface area contributed by atoms with Crippen LogP contribution in [0.3, 0.4) is 0 Å². The summed E-state index contributed by atoms with van der Waals surface area (Å²) < 4.78 is 7.44. The van der Waals surface area contributed by atoms with Crippen LogP contribution in [0.2, 0.25) is 0 Å². The Morgan fingerprint density at radius 2 is 1.74 bits per heavy atom. The number of thiazole rings is 1. The molecule has 0 atom stereocenters. The van der Waals surface area contributed by atoms with E-state index in [4.69, 9.17) is 9.72 Å². The average molecular weight is 500 g/mol. The second-order valence-electron chi connectivity index (χ2n) is 8.13. The average Bonchev–Trinajstić information content (AvgIpc) is 3.51. The van der Waals surface area contributed by atoms with Gasteiger partial charge in [-0.1, -0.05) is 53.2 Å². The topological polar surface area (TPSA) is 64.9 Å². The van der Waals surface area contributed by atoms with Crippen LogP contribution in [0.4, 0.5) is 10.8 Å². The van der Waals surface area contributed by atoms with E-state index in [0.717, 1.165) is 44.5 Å². The van der Waals surface area contributed by atoms with Gasteiger partial charge in [-0.15, -0.1) is 21.5 Å². The van der Waals surface area contributed by atoms with Crippen LogP contribution in [0.15, 0.2) is 83.3 Å². The Morgan fingerprint density at radius 3 is 2.49 bits per heavy atom. The van der Waals surface area contributed by atoms with Gasteiger partial charge in [0, 0.05) is 28.1 Å². The second-order valence-corrected chi connectivity index (χ2v) is 9.93. The van der Waals surface area contributed by atoms with Crippen molar-refractivity contribution in [2.24, 2.45) is 0 Å². The fourth-order valence-corrected chi connectivity index (χ4v) is 5.31. The van der Waals surface area contributed by atoms with Gasteiger partial charge in [-0.3, -0.25) is 4.57 Å². The lowest BCUT2D eigenvalue weighted by Crippen LogP contribution is -2.00. The number of methoxy groups -OCH3 is 1. The molecule has 8 heteroatoms. The zero-order chi connectivity index (χ0) is 24.2. The van der Waals surface area contributed by atoms with E-state index < -0.39 is 0 Å². The molecule has 5 rings (SSSR count). The summed E-state index contributed by atoms with van der Waals surface area (Å²) in [6.45, 7) is 4.16. The quantitative estimate of drug-likeness (QED) is 0.231. The summed E-state index contributed by atoms with van der Waals surface area (Å²) in [5.74, 6) is 2.30. The molecule has 0 amide bonds. The molecule has 0 radical (unpaired) electrons. The van der Waals surface area contributed by atoms with Crippen molar-refractivity contribution in [1.29, 1.82) is 0 Å². The molecule has 35 heavy (non-hydrogen) atoms. The summed E-state index contributed by atoms with van der Waals surface area (Å²) in [6.07, 6.45) is 0. The molecule has 5 aromatic rings. The van der Waals surface area contributed by atoms with Crippen LogP contribution in [0.1, 0.15) is 16.8 Å². The highest BCUT2D eigenvalue weighted by atomic mass is 32.2. The number of benzene rings is 3. The highest BCUT2D eigenvalue weighted by molar-refractivity contribution is 7.98. The summed E-state index contributed by atoms with van der Waals surface area (Å²) in [6, 6.07) is 24.6. The maximum absolute atomic E-state index is 5.34. The maximum Gasteiger partial charge on any atom is 0.196 e. The van der Waals surface area contributed by atoms with Gasteiger partial charge in [-0.05, 0) is 56.3 Å². The number of nitrogens with zero attached hydrogens (tertiary/aromatic N) is 4. The molecule has 0 aliphatic carbocycles. The number of nitrogens with one attached hydrogen (secondary N) is 1. The van der Waals surface area contributed by atoms with Crippen molar-refractivity contribution >= 4 is 33.9 Å². The van der Waals surface area contributed by atoms with Crippen molar-refractivity contribution in [3.05, 3.63) is 95.0 Å². The van der Waals surface area contributed by atoms with Crippen molar-refractivity contribution in [3.63, 3.8) is 0 Å². The predicted molar refractivity (Wildman–Crippen MR) is 144 cm³/mol. The first-order chi connectivity index (χ1) is 17.1. The maximum atomic E-state index is 5.34. The Morgan fingerprint density at radius 1 is 0.943 bits per heavy atom. The van der Waals surface area contributed by atoms with Gasteiger partial charge in [0.25, 0.3) is 0 Å². The van der Waals surface area contributed by atoms with E-state index in [9.17, 15) is 0 Å². The number of ether oxygens (including phenoxy) is 1. The van der Waals surface area contributed by atoms with Gasteiger partial charge < -0.3 is 10.1 Å². The van der Waals surface area contributed by atoms with Gasteiger partial charge in [0.05, 0.1) is 12.8 Å². The third kappa shape index (κ3) is 5.39. The molecule has 0 fully saturated rings. The van der Waals surface area contributed by atoms with E-state index >= 15 is 0 Å². The smallest absolute Gasteiger partial charge is 0.196 e. The third-order valence-electron chi connectivity index (χ3n) is 5.44. The Kier molecular flexibility index (Phi) is 6.83. The SMILES string of the molecule is COc1ccc(-n2c(SCc3csc(Nc4ccc(C)cc4)n3)nnc2-c2cccc(C)c2)cc1. The number of hydrogen-bond donors (Lipinski definition) is 1. The zero-order valence-corrected chi connectivity index (χ0v) is 21.4. The predicted octanol–water partition coefficient (Wildman–Crippen LogP) is 7.05. The number of aryl methyl sites for hydroxylation is 2. The molecule has 0 aliphatic heterocycles. The number of thioether (sulfide) groups is 1. The first kappa shape index (κ1) is 23.1. The van der Waals surface area contributed by atoms with E-state index in [-0.39, 0.29) is 0 Å². The molecular weight excluding hydrogens is 474 g/mol. The monoisotopic (exact) mass is 499 g/mol. The number of anilines is 2. The van der Waals surface area contributed by atoms with Crippen LogP contribution in [0, 0.1) is 13.8 Å². The van der Waals surface area contributed by atoms with Gasteiger partial charge in [0.15, 0.2) is 16.1 Å². The van der Waals surface area contributed by atoms with Crippen LogP contribution in [0.5, 0.6) is 5.75 Å². The van der Waals surface area contributed by atoms with Crippen molar-refractivity contribution in [2.45, 2.75) is 24.8 Å². The standard InChI is InChI=1S/C27H25N5OS2/c1-18-7-9-21(10-8-18)28-26-29-22(16-34-26)17-35-27-31-30-25(20-6-4-5-19(2)15-20)32(27)23-11-13-24(33-3)14-12-23/h4-16H,17H2,1-3H3,(H,28,29).